The molecule has 0 saturated carbocycles. The number of thiophene rings is 2. The maximum Gasteiger partial charge on any atom is 0.331 e. The summed E-state index contributed by atoms with van der Waals surface area (Å²) in [4.78, 5) is 39.1. The van der Waals surface area contributed by atoms with Gasteiger partial charge in [0.2, 0.25) is 5.91 Å². The Bertz CT molecular complexity index is 1290. The van der Waals surface area contributed by atoms with Crippen LogP contribution >= 0.6 is 22.7 Å². The number of fused-ring (bicyclic) bond motifs is 1. The quantitative estimate of drug-likeness (QED) is 0.477. The largest absolute Gasteiger partial charge is 0.351 e. The molecule has 30 heavy (non-hydrogen) atoms. The van der Waals surface area contributed by atoms with Gasteiger partial charge in [0.1, 0.15) is 10.5 Å². The molecule has 4 aromatic rings. The first-order chi connectivity index (χ1) is 14.5. The highest BCUT2D eigenvalue weighted by molar-refractivity contribution is 7.17. The lowest BCUT2D eigenvalue weighted by Gasteiger charge is -2.12. The number of carbonyl (C=O) groups is 1. The van der Waals surface area contributed by atoms with Crippen LogP contribution in [0.5, 0.6) is 0 Å². The molecule has 0 atom stereocenters. The van der Waals surface area contributed by atoms with Crippen molar-refractivity contribution in [3.63, 3.8) is 0 Å². The van der Waals surface area contributed by atoms with E-state index >= 15 is 0 Å². The number of hydrogen-bond acceptors (Lipinski definition) is 5. The van der Waals surface area contributed by atoms with E-state index in [0.717, 1.165) is 15.0 Å². The van der Waals surface area contributed by atoms with E-state index in [1.54, 1.807) is 34.9 Å². The van der Waals surface area contributed by atoms with Crippen LogP contribution in [0.2, 0.25) is 0 Å². The summed E-state index contributed by atoms with van der Waals surface area (Å²) in [7, 11) is 0. The van der Waals surface area contributed by atoms with Gasteiger partial charge >= 0.3 is 5.69 Å². The summed E-state index contributed by atoms with van der Waals surface area (Å²) in [5, 5.41) is 6.49. The molecular weight excluding hydrogens is 425 g/mol. The van der Waals surface area contributed by atoms with Crippen molar-refractivity contribution in [1.82, 2.24) is 14.5 Å². The minimum atomic E-state index is -0.485. The normalized spacial score (nSPS) is 11.1. The van der Waals surface area contributed by atoms with E-state index in [1.165, 1.54) is 28.0 Å². The SMILES string of the molecule is O=C(CCn1c(=O)c2sccc2n(Cc2ccc(F)cc2)c1=O)NCc1cccs1. The van der Waals surface area contributed by atoms with Gasteiger partial charge in [0, 0.05) is 17.8 Å². The Balaban J connectivity index is 1.58. The summed E-state index contributed by atoms with van der Waals surface area (Å²) in [6.45, 7) is 0.618. The molecule has 4 rings (SSSR count). The first-order valence-electron chi connectivity index (χ1n) is 9.27. The van der Waals surface area contributed by atoms with Gasteiger partial charge in [0.05, 0.1) is 18.6 Å². The lowest BCUT2D eigenvalue weighted by Crippen LogP contribution is -2.40. The summed E-state index contributed by atoms with van der Waals surface area (Å²) in [6.07, 6.45) is 0.0218. The number of nitrogens with zero attached hydrogens (tertiary/aromatic N) is 2. The van der Waals surface area contributed by atoms with E-state index in [-0.39, 0.29) is 31.2 Å². The Hall–Kier alpha value is -3.04. The molecule has 0 fully saturated rings. The van der Waals surface area contributed by atoms with Crippen LogP contribution in [0, 0.1) is 5.82 Å². The first kappa shape index (κ1) is 20.2. The van der Waals surface area contributed by atoms with Gasteiger partial charge in [-0.1, -0.05) is 18.2 Å². The van der Waals surface area contributed by atoms with Gasteiger partial charge in [-0.05, 0) is 40.6 Å². The van der Waals surface area contributed by atoms with Gasteiger partial charge in [0.15, 0.2) is 0 Å². The van der Waals surface area contributed by atoms with E-state index in [2.05, 4.69) is 5.32 Å². The molecule has 154 valence electrons. The van der Waals surface area contributed by atoms with Crippen molar-refractivity contribution < 1.29 is 9.18 Å². The lowest BCUT2D eigenvalue weighted by atomic mass is 10.2. The van der Waals surface area contributed by atoms with Crippen LogP contribution in [-0.2, 0) is 24.4 Å². The van der Waals surface area contributed by atoms with Crippen molar-refractivity contribution in [3.8, 4) is 0 Å². The molecule has 1 N–H and O–H groups in total. The van der Waals surface area contributed by atoms with Crippen molar-refractivity contribution in [1.29, 1.82) is 0 Å². The van der Waals surface area contributed by atoms with Crippen LogP contribution in [0.4, 0.5) is 4.39 Å². The highest BCUT2D eigenvalue weighted by atomic mass is 32.1. The van der Waals surface area contributed by atoms with E-state index in [9.17, 15) is 18.8 Å². The smallest absolute Gasteiger partial charge is 0.331 e. The topological polar surface area (TPSA) is 73.1 Å². The van der Waals surface area contributed by atoms with Crippen LogP contribution in [0.1, 0.15) is 16.9 Å². The molecule has 3 aromatic heterocycles. The van der Waals surface area contributed by atoms with Crippen molar-refractivity contribution in [2.75, 3.05) is 0 Å². The van der Waals surface area contributed by atoms with E-state index in [1.807, 2.05) is 17.5 Å². The minimum Gasteiger partial charge on any atom is -0.351 e. The summed E-state index contributed by atoms with van der Waals surface area (Å²) < 4.78 is 16.3. The number of benzene rings is 1. The standard InChI is InChI=1S/C21H18FN3O3S2/c22-15-5-3-14(4-6-15)13-25-17-8-11-30-19(17)20(27)24(21(25)28)9-7-18(26)23-12-16-2-1-10-29-16/h1-6,8,10-11H,7,9,12-13H2,(H,23,26). The molecule has 0 radical (unpaired) electrons. The molecule has 0 aliphatic rings. The molecule has 1 amide bonds. The number of nitrogens with one attached hydrogen (secondary N) is 1. The average Bonchev–Trinajstić information content (AvgIpc) is 3.43. The Morgan fingerprint density at radius 1 is 1.00 bits per heavy atom. The Morgan fingerprint density at radius 2 is 1.80 bits per heavy atom. The van der Waals surface area contributed by atoms with E-state index in [4.69, 9.17) is 0 Å². The number of hydrogen-bond donors (Lipinski definition) is 1. The Labute approximate surface area is 178 Å². The molecule has 6 nitrogen and oxygen atoms in total. The number of aromatic nitrogens is 2. The van der Waals surface area contributed by atoms with Crippen molar-refractivity contribution in [3.05, 3.63) is 90.3 Å². The molecule has 0 aliphatic carbocycles. The van der Waals surface area contributed by atoms with E-state index in [0.29, 0.717) is 16.8 Å². The number of carbonyl (C=O) groups excluding carboxylic acids is 1. The highest BCUT2D eigenvalue weighted by Gasteiger charge is 2.15. The summed E-state index contributed by atoms with van der Waals surface area (Å²) in [6, 6.07) is 11.4. The predicted molar refractivity (Wildman–Crippen MR) is 117 cm³/mol. The average molecular weight is 444 g/mol. The van der Waals surface area contributed by atoms with Gasteiger partial charge in [0.25, 0.3) is 5.56 Å². The molecule has 0 spiro atoms. The summed E-state index contributed by atoms with van der Waals surface area (Å²) in [5.41, 5.74) is 0.398. The van der Waals surface area contributed by atoms with Gasteiger partial charge in [-0.2, -0.15) is 0 Å². The van der Waals surface area contributed by atoms with Gasteiger partial charge in [-0.3, -0.25) is 18.7 Å². The maximum atomic E-state index is 13.2. The summed E-state index contributed by atoms with van der Waals surface area (Å²) in [5.74, 6) is -0.587. The molecule has 0 saturated heterocycles. The molecular formula is C21H18FN3O3S2. The fraction of sp³-hybridized carbons (Fsp3) is 0.190. The summed E-state index contributed by atoms with van der Waals surface area (Å²) >= 11 is 2.80. The zero-order valence-electron chi connectivity index (χ0n) is 15.8. The molecule has 0 bridgehead atoms. The number of amides is 1. The number of halogens is 1. The third-order valence-corrected chi connectivity index (χ3v) is 6.46. The van der Waals surface area contributed by atoms with Gasteiger partial charge in [-0.15, -0.1) is 22.7 Å². The zero-order chi connectivity index (χ0) is 21.1. The Morgan fingerprint density at radius 3 is 2.53 bits per heavy atom. The third-order valence-electron chi connectivity index (χ3n) is 4.69. The van der Waals surface area contributed by atoms with Crippen molar-refractivity contribution in [2.45, 2.75) is 26.1 Å². The second-order valence-corrected chi connectivity index (χ2v) is 8.64. The van der Waals surface area contributed by atoms with Gasteiger partial charge in [-0.25, -0.2) is 9.18 Å². The lowest BCUT2D eigenvalue weighted by molar-refractivity contribution is -0.121. The second kappa shape index (κ2) is 8.76. The molecule has 9 heteroatoms. The monoisotopic (exact) mass is 443 g/mol. The van der Waals surface area contributed by atoms with E-state index < -0.39 is 11.2 Å². The fourth-order valence-electron chi connectivity index (χ4n) is 3.16. The highest BCUT2D eigenvalue weighted by Crippen LogP contribution is 2.17. The first-order valence-corrected chi connectivity index (χ1v) is 11.0. The van der Waals surface area contributed by atoms with Crippen LogP contribution in [0.3, 0.4) is 0 Å². The van der Waals surface area contributed by atoms with Crippen molar-refractivity contribution >= 4 is 38.8 Å². The van der Waals surface area contributed by atoms with Crippen LogP contribution < -0.4 is 16.6 Å². The van der Waals surface area contributed by atoms with Crippen LogP contribution in [-0.4, -0.2) is 15.0 Å². The maximum absolute atomic E-state index is 13.2. The molecule has 3 heterocycles. The Kier molecular flexibility index (Phi) is 5.91. The third kappa shape index (κ3) is 4.27. The molecule has 0 unspecified atom stereocenters. The fourth-order valence-corrected chi connectivity index (χ4v) is 4.64. The van der Waals surface area contributed by atoms with Crippen LogP contribution in [0.15, 0.2) is 62.8 Å². The number of rotatable bonds is 7. The second-order valence-electron chi connectivity index (χ2n) is 6.69. The van der Waals surface area contributed by atoms with Crippen molar-refractivity contribution in [2.24, 2.45) is 0 Å². The van der Waals surface area contributed by atoms with Gasteiger partial charge < -0.3 is 5.32 Å². The zero-order valence-corrected chi connectivity index (χ0v) is 17.5. The molecule has 0 aliphatic heterocycles. The van der Waals surface area contributed by atoms with Crippen LogP contribution in [0.25, 0.3) is 10.2 Å². The minimum absolute atomic E-state index is 0.00873. The predicted octanol–water partition coefficient (Wildman–Crippen LogP) is 3.18. The molecule has 1 aromatic carbocycles.